The zero-order chi connectivity index (χ0) is 17.2. The van der Waals surface area contributed by atoms with E-state index in [1.54, 1.807) is 0 Å². The van der Waals surface area contributed by atoms with Crippen molar-refractivity contribution in [3.05, 3.63) is 40.9 Å². The molecule has 1 saturated heterocycles. The molecule has 1 fully saturated rings. The van der Waals surface area contributed by atoms with Gasteiger partial charge in [0.1, 0.15) is 0 Å². The number of aromatic nitrogens is 2. The minimum Gasteiger partial charge on any atom is -0.375 e. The van der Waals surface area contributed by atoms with Crippen LogP contribution in [0.3, 0.4) is 0 Å². The van der Waals surface area contributed by atoms with E-state index < -0.39 is 0 Å². The third-order valence-corrected chi connectivity index (χ3v) is 5.01. The number of ether oxygens (including phenoxy) is 1. The Kier molecular flexibility index (Phi) is 4.87. The van der Waals surface area contributed by atoms with E-state index in [1.165, 1.54) is 0 Å². The van der Waals surface area contributed by atoms with Crippen LogP contribution in [0.15, 0.2) is 23.9 Å². The van der Waals surface area contributed by atoms with Crippen LogP contribution in [0, 0.1) is 12.3 Å². The fourth-order valence-corrected chi connectivity index (χ4v) is 3.26. The SMILES string of the molecule is CCc1[nH]nc(C(=O)NC2=CCC(C)([C@@H]3CNCCO3)C=C2)c1C. The van der Waals surface area contributed by atoms with Crippen LogP contribution in [0.4, 0.5) is 0 Å². The molecule has 1 unspecified atom stereocenters. The smallest absolute Gasteiger partial charge is 0.276 e. The molecule has 24 heavy (non-hydrogen) atoms. The molecule has 6 heteroatoms. The minimum atomic E-state index is -0.168. The third kappa shape index (κ3) is 3.30. The number of nitrogens with zero attached hydrogens (tertiary/aromatic N) is 1. The predicted octanol–water partition coefficient (Wildman–Crippen LogP) is 1.85. The van der Waals surface area contributed by atoms with E-state index in [0.29, 0.717) is 5.69 Å². The highest BCUT2D eigenvalue weighted by molar-refractivity contribution is 5.95. The van der Waals surface area contributed by atoms with Gasteiger partial charge < -0.3 is 15.4 Å². The van der Waals surface area contributed by atoms with Crippen molar-refractivity contribution < 1.29 is 9.53 Å². The van der Waals surface area contributed by atoms with E-state index in [2.05, 4.69) is 39.9 Å². The first kappa shape index (κ1) is 16.9. The minimum absolute atomic E-state index is 0.0424. The molecular formula is C18H26N4O2. The molecule has 0 spiro atoms. The van der Waals surface area contributed by atoms with Gasteiger partial charge in [0.15, 0.2) is 5.69 Å². The second-order valence-electron chi connectivity index (χ2n) is 6.75. The van der Waals surface area contributed by atoms with E-state index in [-0.39, 0.29) is 17.4 Å². The normalized spacial score (nSPS) is 27.0. The number of carbonyl (C=O) groups is 1. The van der Waals surface area contributed by atoms with Gasteiger partial charge in [-0.2, -0.15) is 5.10 Å². The van der Waals surface area contributed by atoms with Gasteiger partial charge in [-0.25, -0.2) is 0 Å². The molecule has 2 atom stereocenters. The molecule has 1 aromatic rings. The van der Waals surface area contributed by atoms with E-state index >= 15 is 0 Å². The molecule has 3 N–H and O–H groups in total. The van der Waals surface area contributed by atoms with Crippen LogP contribution < -0.4 is 10.6 Å². The Morgan fingerprint density at radius 3 is 2.96 bits per heavy atom. The summed E-state index contributed by atoms with van der Waals surface area (Å²) in [7, 11) is 0. The van der Waals surface area contributed by atoms with Gasteiger partial charge in [-0.15, -0.1) is 0 Å². The van der Waals surface area contributed by atoms with Crippen LogP contribution in [0.5, 0.6) is 0 Å². The van der Waals surface area contributed by atoms with E-state index in [9.17, 15) is 4.79 Å². The Balaban J connectivity index is 1.64. The van der Waals surface area contributed by atoms with Crippen LogP contribution in [0.25, 0.3) is 0 Å². The fraction of sp³-hybridized carbons (Fsp3) is 0.556. The summed E-state index contributed by atoms with van der Waals surface area (Å²) < 4.78 is 5.89. The molecule has 2 heterocycles. The average Bonchev–Trinajstić information content (AvgIpc) is 2.98. The topological polar surface area (TPSA) is 79.0 Å². The van der Waals surface area contributed by atoms with Crippen LogP contribution in [-0.4, -0.2) is 41.9 Å². The molecule has 0 saturated carbocycles. The monoisotopic (exact) mass is 330 g/mol. The van der Waals surface area contributed by atoms with Crippen molar-refractivity contribution >= 4 is 5.91 Å². The number of amides is 1. The van der Waals surface area contributed by atoms with Gasteiger partial charge in [-0.1, -0.05) is 26.0 Å². The number of morpholine rings is 1. The molecule has 1 aliphatic carbocycles. The number of hydrogen-bond donors (Lipinski definition) is 3. The lowest BCUT2D eigenvalue weighted by molar-refractivity contribution is -0.0312. The first-order valence-electron chi connectivity index (χ1n) is 8.60. The van der Waals surface area contributed by atoms with Gasteiger partial charge in [0.2, 0.25) is 0 Å². The largest absolute Gasteiger partial charge is 0.375 e. The number of rotatable bonds is 4. The summed E-state index contributed by atoms with van der Waals surface area (Å²) in [4.78, 5) is 12.4. The molecule has 0 aromatic carbocycles. The number of H-pyrrole nitrogens is 1. The highest BCUT2D eigenvalue weighted by Gasteiger charge is 2.34. The van der Waals surface area contributed by atoms with Gasteiger partial charge in [-0.3, -0.25) is 9.89 Å². The maximum Gasteiger partial charge on any atom is 0.276 e. The van der Waals surface area contributed by atoms with E-state index in [0.717, 1.165) is 49.5 Å². The molecule has 0 bridgehead atoms. The van der Waals surface area contributed by atoms with Gasteiger partial charge in [0.05, 0.1) is 12.7 Å². The van der Waals surface area contributed by atoms with Crippen molar-refractivity contribution in [2.45, 2.75) is 39.7 Å². The standard InChI is InChI=1S/C18H26N4O2/c1-4-14-12(2)16(22-21-14)17(23)20-13-5-7-18(3,8-6-13)15-11-19-9-10-24-15/h5-7,15,19H,4,8-11H2,1-3H3,(H,20,23)(H,21,22)/t15-,18?/m0/s1. The van der Waals surface area contributed by atoms with Gasteiger partial charge in [-0.05, 0) is 25.8 Å². The highest BCUT2D eigenvalue weighted by atomic mass is 16.5. The summed E-state index contributed by atoms with van der Waals surface area (Å²) >= 11 is 0. The Labute approximate surface area is 142 Å². The molecular weight excluding hydrogens is 304 g/mol. The van der Waals surface area contributed by atoms with Crippen molar-refractivity contribution in [2.24, 2.45) is 5.41 Å². The van der Waals surface area contributed by atoms with Crippen molar-refractivity contribution in [2.75, 3.05) is 19.7 Å². The summed E-state index contributed by atoms with van der Waals surface area (Å²) in [6.07, 6.45) is 8.03. The third-order valence-electron chi connectivity index (χ3n) is 5.01. The summed E-state index contributed by atoms with van der Waals surface area (Å²) in [6.45, 7) is 8.69. The summed E-state index contributed by atoms with van der Waals surface area (Å²) in [5, 5.41) is 13.4. The van der Waals surface area contributed by atoms with Crippen LogP contribution in [0.1, 0.15) is 42.0 Å². The van der Waals surface area contributed by atoms with Crippen LogP contribution in [-0.2, 0) is 11.2 Å². The number of carbonyl (C=O) groups excluding carboxylic acids is 1. The van der Waals surface area contributed by atoms with Crippen molar-refractivity contribution in [1.29, 1.82) is 0 Å². The van der Waals surface area contributed by atoms with Crippen LogP contribution in [0.2, 0.25) is 0 Å². The maximum absolute atomic E-state index is 12.4. The van der Waals surface area contributed by atoms with E-state index in [1.807, 2.05) is 19.9 Å². The molecule has 0 radical (unpaired) electrons. The van der Waals surface area contributed by atoms with E-state index in [4.69, 9.17) is 4.74 Å². The predicted molar refractivity (Wildman–Crippen MR) is 92.7 cm³/mol. The number of aryl methyl sites for hydroxylation is 1. The Bertz CT molecular complexity index is 671. The zero-order valence-electron chi connectivity index (χ0n) is 14.6. The number of nitrogens with one attached hydrogen (secondary N) is 3. The zero-order valence-corrected chi connectivity index (χ0v) is 14.6. The molecule has 130 valence electrons. The van der Waals surface area contributed by atoms with Crippen molar-refractivity contribution in [1.82, 2.24) is 20.8 Å². The lowest BCUT2D eigenvalue weighted by Gasteiger charge is -2.38. The first-order valence-corrected chi connectivity index (χ1v) is 8.60. The average molecular weight is 330 g/mol. The second-order valence-corrected chi connectivity index (χ2v) is 6.75. The summed E-state index contributed by atoms with van der Waals surface area (Å²) in [5.74, 6) is -0.168. The van der Waals surface area contributed by atoms with Crippen LogP contribution >= 0.6 is 0 Å². The quantitative estimate of drug-likeness (QED) is 0.787. The number of allylic oxidation sites excluding steroid dienone is 2. The van der Waals surface area contributed by atoms with Gasteiger partial charge in [0, 0.05) is 35.5 Å². The van der Waals surface area contributed by atoms with Gasteiger partial charge in [0.25, 0.3) is 5.91 Å². The van der Waals surface area contributed by atoms with Crippen molar-refractivity contribution in [3.8, 4) is 0 Å². The lowest BCUT2D eigenvalue weighted by Crippen LogP contribution is -2.47. The lowest BCUT2D eigenvalue weighted by atomic mass is 9.77. The Morgan fingerprint density at radius 1 is 1.54 bits per heavy atom. The van der Waals surface area contributed by atoms with Crippen molar-refractivity contribution in [3.63, 3.8) is 0 Å². The number of hydrogen-bond acceptors (Lipinski definition) is 4. The molecule has 3 rings (SSSR count). The molecule has 1 aromatic heterocycles. The molecule has 6 nitrogen and oxygen atoms in total. The molecule has 1 amide bonds. The molecule has 1 aliphatic heterocycles. The Hall–Kier alpha value is -1.92. The number of aromatic amines is 1. The second kappa shape index (κ2) is 6.91. The fourth-order valence-electron chi connectivity index (χ4n) is 3.26. The Morgan fingerprint density at radius 2 is 2.38 bits per heavy atom. The van der Waals surface area contributed by atoms with Gasteiger partial charge >= 0.3 is 0 Å². The molecule has 2 aliphatic rings. The first-order chi connectivity index (χ1) is 11.5. The maximum atomic E-state index is 12.4. The summed E-state index contributed by atoms with van der Waals surface area (Å²) in [6, 6.07) is 0. The summed E-state index contributed by atoms with van der Waals surface area (Å²) in [5.41, 5.74) is 3.17. The highest BCUT2D eigenvalue weighted by Crippen LogP contribution is 2.34.